The quantitative estimate of drug-likeness (QED) is 0.395. The van der Waals surface area contributed by atoms with Crippen LogP contribution in [0.25, 0.3) is 0 Å². The molecule has 0 bridgehead atoms. The predicted octanol–water partition coefficient (Wildman–Crippen LogP) is 2.90. The zero-order valence-corrected chi connectivity index (χ0v) is 15.0. The molecule has 0 heterocycles. The van der Waals surface area contributed by atoms with Crippen molar-refractivity contribution in [2.45, 2.75) is 0 Å². The molecule has 0 aliphatic heterocycles. The number of ketones is 1. The summed E-state index contributed by atoms with van der Waals surface area (Å²) in [4.78, 5) is 47.4. The number of carbonyl (C=O) groups is 3. The van der Waals surface area contributed by atoms with E-state index < -0.39 is 16.7 Å². The van der Waals surface area contributed by atoms with Crippen LogP contribution in [0.4, 0.5) is 5.69 Å². The van der Waals surface area contributed by atoms with Gasteiger partial charge in [0, 0.05) is 28.8 Å². The highest BCUT2D eigenvalue weighted by Gasteiger charge is 2.18. The molecule has 2 amide bonds. The first kappa shape index (κ1) is 19.4. The van der Waals surface area contributed by atoms with E-state index >= 15 is 0 Å². The summed E-state index contributed by atoms with van der Waals surface area (Å²) in [5, 5.41) is 10.7. The molecule has 0 aliphatic carbocycles. The minimum atomic E-state index is -0.667. The highest BCUT2D eigenvalue weighted by Crippen LogP contribution is 2.15. The van der Waals surface area contributed by atoms with Crippen LogP contribution < -0.4 is 10.9 Å². The lowest BCUT2D eigenvalue weighted by Gasteiger charge is -2.10. The molecule has 3 rings (SSSR count). The smallest absolute Gasteiger partial charge is 0.270 e. The van der Waals surface area contributed by atoms with E-state index in [1.807, 2.05) is 0 Å². The second-order valence-electron chi connectivity index (χ2n) is 5.95. The second-order valence-corrected chi connectivity index (χ2v) is 5.95. The van der Waals surface area contributed by atoms with Crippen molar-refractivity contribution >= 4 is 23.3 Å². The molecule has 0 aliphatic rings. The van der Waals surface area contributed by atoms with Crippen molar-refractivity contribution in [1.82, 2.24) is 10.9 Å². The molecule has 0 spiro atoms. The van der Waals surface area contributed by atoms with Crippen LogP contribution in [0.5, 0.6) is 0 Å². The van der Waals surface area contributed by atoms with E-state index in [1.165, 1.54) is 36.4 Å². The van der Waals surface area contributed by atoms with Crippen molar-refractivity contribution in [3.63, 3.8) is 0 Å². The van der Waals surface area contributed by atoms with Crippen LogP contribution in [0.15, 0.2) is 78.9 Å². The summed E-state index contributed by atoms with van der Waals surface area (Å²) >= 11 is 0. The van der Waals surface area contributed by atoms with Gasteiger partial charge in [0.1, 0.15) is 0 Å². The maximum atomic E-state index is 12.7. The zero-order chi connectivity index (χ0) is 20.8. The van der Waals surface area contributed by atoms with Crippen molar-refractivity contribution in [2.75, 3.05) is 0 Å². The Bertz CT molecular complexity index is 1080. The highest BCUT2D eigenvalue weighted by atomic mass is 16.6. The Labute approximate surface area is 165 Å². The van der Waals surface area contributed by atoms with Crippen LogP contribution in [-0.4, -0.2) is 22.5 Å². The summed E-state index contributed by atoms with van der Waals surface area (Å²) in [6.45, 7) is 0. The number of nitrogens with one attached hydrogen (secondary N) is 2. The van der Waals surface area contributed by atoms with Crippen molar-refractivity contribution in [3.05, 3.63) is 111 Å². The molecule has 8 heteroatoms. The lowest BCUT2D eigenvalue weighted by molar-refractivity contribution is -0.384. The Morgan fingerprint density at radius 3 is 1.83 bits per heavy atom. The number of carbonyl (C=O) groups excluding carboxylic acids is 3. The van der Waals surface area contributed by atoms with E-state index in [2.05, 4.69) is 10.9 Å². The number of amides is 2. The van der Waals surface area contributed by atoms with Gasteiger partial charge in [-0.05, 0) is 18.2 Å². The number of benzene rings is 3. The molecular formula is C21H15N3O5. The molecule has 0 radical (unpaired) electrons. The Hall–Kier alpha value is -4.33. The third kappa shape index (κ3) is 4.51. The summed E-state index contributed by atoms with van der Waals surface area (Å²) in [5.74, 6) is -1.64. The largest absolute Gasteiger partial charge is 0.289 e. The fraction of sp³-hybridized carbons (Fsp3) is 0. The van der Waals surface area contributed by atoms with Crippen molar-refractivity contribution in [2.24, 2.45) is 0 Å². The molecule has 0 atom stereocenters. The Balaban J connectivity index is 1.72. The predicted molar refractivity (Wildman–Crippen MR) is 104 cm³/mol. The summed E-state index contributed by atoms with van der Waals surface area (Å²) in [6.07, 6.45) is 0. The number of hydrazine groups is 1. The number of nitro groups is 1. The van der Waals surface area contributed by atoms with Gasteiger partial charge in [-0.1, -0.05) is 48.5 Å². The first-order valence-electron chi connectivity index (χ1n) is 8.51. The average Bonchev–Trinajstić information content (AvgIpc) is 2.77. The highest BCUT2D eigenvalue weighted by molar-refractivity contribution is 6.15. The first-order chi connectivity index (χ1) is 14.0. The molecule has 0 unspecified atom stereocenters. The number of hydrogen-bond acceptors (Lipinski definition) is 5. The topological polar surface area (TPSA) is 118 Å². The molecule has 144 valence electrons. The average molecular weight is 389 g/mol. The fourth-order valence-corrected chi connectivity index (χ4v) is 2.61. The van der Waals surface area contributed by atoms with Crippen LogP contribution in [0.2, 0.25) is 0 Å². The lowest BCUT2D eigenvalue weighted by atomic mass is 9.98. The zero-order valence-electron chi connectivity index (χ0n) is 15.0. The molecular weight excluding hydrogens is 374 g/mol. The van der Waals surface area contributed by atoms with Crippen LogP contribution in [0, 0.1) is 10.1 Å². The van der Waals surface area contributed by atoms with E-state index in [4.69, 9.17) is 0 Å². The molecule has 8 nitrogen and oxygen atoms in total. The van der Waals surface area contributed by atoms with E-state index in [-0.39, 0.29) is 28.2 Å². The van der Waals surface area contributed by atoms with Crippen molar-refractivity contribution in [3.8, 4) is 0 Å². The van der Waals surface area contributed by atoms with Crippen LogP contribution in [0.1, 0.15) is 36.6 Å². The van der Waals surface area contributed by atoms with Crippen molar-refractivity contribution < 1.29 is 19.3 Å². The maximum Gasteiger partial charge on any atom is 0.270 e. The Morgan fingerprint density at radius 2 is 1.21 bits per heavy atom. The number of hydrogen-bond donors (Lipinski definition) is 2. The molecule has 2 N–H and O–H groups in total. The van der Waals surface area contributed by atoms with Gasteiger partial charge in [-0.25, -0.2) is 0 Å². The summed E-state index contributed by atoms with van der Waals surface area (Å²) in [7, 11) is 0. The molecule has 0 saturated heterocycles. The van der Waals surface area contributed by atoms with E-state index in [0.717, 1.165) is 0 Å². The van der Waals surface area contributed by atoms with Gasteiger partial charge >= 0.3 is 0 Å². The van der Waals surface area contributed by atoms with Crippen LogP contribution >= 0.6 is 0 Å². The molecule has 29 heavy (non-hydrogen) atoms. The number of non-ortho nitro benzene ring substituents is 1. The van der Waals surface area contributed by atoms with Gasteiger partial charge in [0.25, 0.3) is 17.5 Å². The summed E-state index contributed by atoms with van der Waals surface area (Å²) in [6, 6.07) is 19.7. The van der Waals surface area contributed by atoms with Gasteiger partial charge in [-0.3, -0.25) is 35.3 Å². The van der Waals surface area contributed by atoms with E-state index in [9.17, 15) is 24.5 Å². The van der Waals surface area contributed by atoms with Crippen LogP contribution in [0.3, 0.4) is 0 Å². The summed E-state index contributed by atoms with van der Waals surface area (Å²) < 4.78 is 0. The minimum absolute atomic E-state index is 0.102. The summed E-state index contributed by atoms with van der Waals surface area (Å²) in [5.41, 5.74) is 5.19. The SMILES string of the molecule is O=C(NNC(=O)c1ccccc1C(=O)c1ccccc1)c1ccc([N+](=O)[O-])cc1. The van der Waals surface area contributed by atoms with Gasteiger partial charge < -0.3 is 0 Å². The Morgan fingerprint density at radius 1 is 0.655 bits per heavy atom. The van der Waals surface area contributed by atoms with E-state index in [0.29, 0.717) is 5.56 Å². The lowest BCUT2D eigenvalue weighted by Crippen LogP contribution is -2.42. The normalized spacial score (nSPS) is 10.1. The monoisotopic (exact) mass is 389 g/mol. The third-order valence-corrected chi connectivity index (χ3v) is 4.08. The standard InChI is InChI=1S/C21H15N3O5/c25-19(14-6-2-1-3-7-14)17-8-4-5-9-18(17)21(27)23-22-20(26)15-10-12-16(13-11-15)24(28)29/h1-13H,(H,22,26)(H,23,27). The molecule has 3 aromatic rings. The van der Waals surface area contributed by atoms with E-state index in [1.54, 1.807) is 42.5 Å². The van der Waals surface area contributed by atoms with Gasteiger partial charge in [0.2, 0.25) is 0 Å². The number of nitrogens with zero attached hydrogens (tertiary/aromatic N) is 1. The van der Waals surface area contributed by atoms with Gasteiger partial charge in [-0.2, -0.15) is 0 Å². The first-order valence-corrected chi connectivity index (χ1v) is 8.51. The fourth-order valence-electron chi connectivity index (χ4n) is 2.61. The number of rotatable bonds is 5. The van der Waals surface area contributed by atoms with Gasteiger partial charge in [0.05, 0.1) is 10.5 Å². The second kappa shape index (κ2) is 8.57. The van der Waals surface area contributed by atoms with Gasteiger partial charge in [0.15, 0.2) is 5.78 Å². The Kier molecular flexibility index (Phi) is 5.74. The molecule has 3 aromatic carbocycles. The molecule has 0 aromatic heterocycles. The molecule has 0 saturated carbocycles. The third-order valence-electron chi connectivity index (χ3n) is 4.08. The minimum Gasteiger partial charge on any atom is -0.289 e. The van der Waals surface area contributed by atoms with Crippen molar-refractivity contribution in [1.29, 1.82) is 0 Å². The van der Waals surface area contributed by atoms with Crippen LogP contribution in [-0.2, 0) is 0 Å². The van der Waals surface area contributed by atoms with Gasteiger partial charge in [-0.15, -0.1) is 0 Å². The number of nitro benzene ring substituents is 1. The maximum absolute atomic E-state index is 12.7. The molecule has 0 fully saturated rings.